The van der Waals surface area contributed by atoms with Crippen LogP contribution >= 0.6 is 11.6 Å². The van der Waals surface area contributed by atoms with Gasteiger partial charge >= 0.3 is 0 Å². The van der Waals surface area contributed by atoms with E-state index < -0.39 is 12.1 Å². The Morgan fingerprint density at radius 3 is 2.82 bits per heavy atom. The molecule has 0 saturated heterocycles. The van der Waals surface area contributed by atoms with Gasteiger partial charge in [0.05, 0.1) is 29.8 Å². The lowest BCUT2D eigenvalue weighted by Crippen LogP contribution is -2.34. The van der Waals surface area contributed by atoms with Crippen molar-refractivity contribution in [2.45, 2.75) is 18.6 Å². The molecule has 0 aliphatic heterocycles. The van der Waals surface area contributed by atoms with Crippen LogP contribution in [0.4, 0.5) is 0 Å². The zero-order chi connectivity index (χ0) is 15.7. The molecule has 1 amide bonds. The first kappa shape index (κ1) is 14.9. The molecule has 1 aliphatic carbocycles. The molecule has 0 fully saturated rings. The fourth-order valence-electron chi connectivity index (χ4n) is 2.86. The van der Waals surface area contributed by atoms with Gasteiger partial charge in [-0.05, 0) is 23.3 Å². The number of rotatable bonds is 3. The molecule has 3 rings (SSSR count). The molecule has 1 aliphatic rings. The second-order valence-corrected chi connectivity index (χ2v) is 5.65. The van der Waals surface area contributed by atoms with E-state index in [2.05, 4.69) is 5.32 Å². The van der Waals surface area contributed by atoms with Gasteiger partial charge in [0.2, 0.25) is 0 Å². The molecule has 2 atom stereocenters. The van der Waals surface area contributed by atoms with E-state index in [9.17, 15) is 9.90 Å². The molecule has 0 unspecified atom stereocenters. The lowest BCUT2D eigenvalue weighted by Gasteiger charge is -2.19. The molecule has 0 saturated carbocycles. The predicted molar refractivity (Wildman–Crippen MR) is 84.4 cm³/mol. The van der Waals surface area contributed by atoms with Crippen LogP contribution in [0.25, 0.3) is 0 Å². The Bertz CT molecular complexity index is 717. The molecule has 4 nitrogen and oxygen atoms in total. The number of ether oxygens (including phenoxy) is 1. The Morgan fingerprint density at radius 1 is 1.27 bits per heavy atom. The summed E-state index contributed by atoms with van der Waals surface area (Å²) in [5.41, 5.74) is 2.27. The Kier molecular flexibility index (Phi) is 4.05. The summed E-state index contributed by atoms with van der Waals surface area (Å²) in [5.74, 6) is 0.0500. The van der Waals surface area contributed by atoms with Crippen LogP contribution in [0.1, 0.15) is 27.5 Å². The van der Waals surface area contributed by atoms with E-state index in [4.69, 9.17) is 16.3 Å². The number of carbonyl (C=O) groups excluding carboxylic acids is 1. The Hall–Kier alpha value is -2.04. The second-order valence-electron chi connectivity index (χ2n) is 5.24. The van der Waals surface area contributed by atoms with Crippen LogP contribution in [0.2, 0.25) is 5.02 Å². The summed E-state index contributed by atoms with van der Waals surface area (Å²) < 4.78 is 5.20. The van der Waals surface area contributed by atoms with Crippen LogP contribution in [0.5, 0.6) is 5.75 Å². The number of hydrogen-bond donors (Lipinski definition) is 2. The summed E-state index contributed by atoms with van der Waals surface area (Å²) in [6.07, 6.45) is -0.115. The van der Waals surface area contributed by atoms with E-state index >= 15 is 0 Å². The third-order valence-electron chi connectivity index (χ3n) is 3.91. The van der Waals surface area contributed by atoms with Gasteiger partial charge in [0, 0.05) is 6.42 Å². The van der Waals surface area contributed by atoms with Crippen LogP contribution in [0, 0.1) is 0 Å². The molecule has 2 N–H and O–H groups in total. The van der Waals surface area contributed by atoms with Gasteiger partial charge in [0.15, 0.2) is 0 Å². The molecule has 0 aromatic heterocycles. The highest BCUT2D eigenvalue weighted by Crippen LogP contribution is 2.33. The minimum atomic E-state index is -0.644. The van der Waals surface area contributed by atoms with Crippen molar-refractivity contribution in [1.29, 1.82) is 0 Å². The zero-order valence-corrected chi connectivity index (χ0v) is 12.8. The van der Waals surface area contributed by atoms with Crippen molar-refractivity contribution in [3.8, 4) is 5.75 Å². The maximum atomic E-state index is 12.6. The van der Waals surface area contributed by atoms with Gasteiger partial charge in [-0.2, -0.15) is 0 Å². The summed E-state index contributed by atoms with van der Waals surface area (Å²) in [7, 11) is 1.49. The number of carbonyl (C=O) groups is 1. The molecule has 22 heavy (non-hydrogen) atoms. The maximum absolute atomic E-state index is 12.6. The highest BCUT2D eigenvalue weighted by Gasteiger charge is 2.32. The van der Waals surface area contributed by atoms with Gasteiger partial charge in [0.25, 0.3) is 5.91 Å². The maximum Gasteiger partial charge on any atom is 0.257 e. The highest BCUT2D eigenvalue weighted by atomic mass is 35.5. The summed E-state index contributed by atoms with van der Waals surface area (Å²) >= 11 is 6.12. The third-order valence-corrected chi connectivity index (χ3v) is 4.23. The molecule has 2 aromatic carbocycles. The average molecular weight is 318 g/mol. The van der Waals surface area contributed by atoms with E-state index in [0.29, 0.717) is 17.2 Å². The van der Waals surface area contributed by atoms with Gasteiger partial charge in [0.1, 0.15) is 5.75 Å². The largest absolute Gasteiger partial charge is 0.496 e. The Morgan fingerprint density at radius 2 is 2.05 bits per heavy atom. The minimum Gasteiger partial charge on any atom is -0.496 e. The lowest BCUT2D eigenvalue weighted by atomic mass is 10.1. The van der Waals surface area contributed by atoms with Crippen molar-refractivity contribution in [3.05, 3.63) is 64.2 Å². The molecule has 114 valence electrons. The number of aliphatic hydroxyl groups is 1. The van der Waals surface area contributed by atoms with E-state index in [-0.39, 0.29) is 11.5 Å². The number of hydrogen-bond acceptors (Lipinski definition) is 3. The number of fused-ring (bicyclic) bond motifs is 1. The van der Waals surface area contributed by atoms with Gasteiger partial charge in [-0.3, -0.25) is 4.79 Å². The summed E-state index contributed by atoms with van der Waals surface area (Å²) in [6, 6.07) is 12.3. The van der Waals surface area contributed by atoms with Crippen LogP contribution in [-0.4, -0.2) is 24.2 Å². The minimum absolute atomic E-state index is 0.281. The van der Waals surface area contributed by atoms with E-state index in [1.165, 1.54) is 7.11 Å². The number of halogens is 1. The highest BCUT2D eigenvalue weighted by molar-refractivity contribution is 6.34. The van der Waals surface area contributed by atoms with Crippen molar-refractivity contribution >= 4 is 17.5 Å². The molecule has 5 heteroatoms. The van der Waals surface area contributed by atoms with Crippen LogP contribution in [0.3, 0.4) is 0 Å². The van der Waals surface area contributed by atoms with Crippen LogP contribution in [0.15, 0.2) is 42.5 Å². The second kappa shape index (κ2) is 5.99. The molecule has 0 spiro atoms. The quantitative estimate of drug-likeness (QED) is 0.915. The number of benzene rings is 2. The lowest BCUT2D eigenvalue weighted by molar-refractivity contribution is 0.0855. The number of amides is 1. The molecule has 0 heterocycles. The Labute approximate surface area is 133 Å². The normalized spacial score (nSPS) is 19.6. The summed E-state index contributed by atoms with van der Waals surface area (Å²) in [6.45, 7) is 0. The van der Waals surface area contributed by atoms with Crippen molar-refractivity contribution in [2.24, 2.45) is 0 Å². The van der Waals surface area contributed by atoms with E-state index in [0.717, 1.165) is 11.1 Å². The number of methoxy groups -OCH3 is 1. The van der Waals surface area contributed by atoms with Crippen LogP contribution < -0.4 is 10.1 Å². The Balaban J connectivity index is 1.90. The standard InChI is InChI=1S/C17H16ClNO3/c1-22-14-8-4-7-12(18)15(14)17(21)19-16-11-6-3-2-5-10(11)9-13(16)20/h2-8,13,16,20H,9H2,1H3,(H,19,21)/t13-,16+/m1/s1. The van der Waals surface area contributed by atoms with Gasteiger partial charge < -0.3 is 15.2 Å². The van der Waals surface area contributed by atoms with Crippen molar-refractivity contribution in [3.63, 3.8) is 0 Å². The smallest absolute Gasteiger partial charge is 0.257 e. The fraction of sp³-hybridized carbons (Fsp3) is 0.235. The first-order valence-electron chi connectivity index (χ1n) is 7.01. The summed E-state index contributed by atoms with van der Waals surface area (Å²) in [4.78, 5) is 12.6. The zero-order valence-electron chi connectivity index (χ0n) is 12.0. The molecule has 2 aromatic rings. The molecule has 0 radical (unpaired) electrons. The first-order chi connectivity index (χ1) is 10.6. The average Bonchev–Trinajstić information content (AvgIpc) is 2.83. The summed E-state index contributed by atoms with van der Waals surface area (Å²) in [5, 5.41) is 13.4. The first-order valence-corrected chi connectivity index (χ1v) is 7.39. The van der Waals surface area contributed by atoms with E-state index in [1.54, 1.807) is 18.2 Å². The molecule has 0 bridgehead atoms. The van der Waals surface area contributed by atoms with Crippen molar-refractivity contribution in [2.75, 3.05) is 7.11 Å². The topological polar surface area (TPSA) is 58.6 Å². The molecular formula is C17H16ClNO3. The number of aliphatic hydroxyl groups excluding tert-OH is 1. The van der Waals surface area contributed by atoms with Crippen LogP contribution in [-0.2, 0) is 6.42 Å². The van der Waals surface area contributed by atoms with Gasteiger partial charge in [-0.15, -0.1) is 0 Å². The third kappa shape index (κ3) is 2.56. The monoisotopic (exact) mass is 317 g/mol. The predicted octanol–water partition coefficient (Wildman–Crippen LogP) is 2.74. The van der Waals surface area contributed by atoms with Gasteiger partial charge in [-0.1, -0.05) is 41.9 Å². The number of nitrogens with one attached hydrogen (secondary N) is 1. The van der Waals surface area contributed by atoms with E-state index in [1.807, 2.05) is 24.3 Å². The fourth-order valence-corrected chi connectivity index (χ4v) is 3.11. The molecular weight excluding hydrogens is 302 g/mol. The van der Waals surface area contributed by atoms with Crippen molar-refractivity contribution < 1.29 is 14.6 Å². The van der Waals surface area contributed by atoms with Gasteiger partial charge in [-0.25, -0.2) is 0 Å². The van der Waals surface area contributed by atoms with Crippen molar-refractivity contribution in [1.82, 2.24) is 5.32 Å². The SMILES string of the molecule is COc1cccc(Cl)c1C(=O)N[C@H]1c2ccccc2C[C@H]1O.